The molecule has 3 rings (SSSR count). The van der Waals surface area contributed by atoms with Crippen LogP contribution in [0.4, 0.5) is 10.5 Å². The molecule has 2 aromatic carbocycles. The lowest BCUT2D eigenvalue weighted by Gasteiger charge is -2.43. The molecule has 1 aliphatic carbocycles. The van der Waals surface area contributed by atoms with Crippen LogP contribution in [-0.2, 0) is 14.3 Å². The van der Waals surface area contributed by atoms with Gasteiger partial charge in [0, 0.05) is 17.3 Å². The molecule has 1 saturated carbocycles. The van der Waals surface area contributed by atoms with Crippen molar-refractivity contribution in [2.45, 2.75) is 77.6 Å². The number of carbonyl (C=O) groups excluding carboxylic acids is 3. The number of nitrogens with zero attached hydrogens (tertiary/aromatic N) is 1. The second kappa shape index (κ2) is 12.1. The number of amides is 3. The minimum Gasteiger partial charge on any atom is -0.444 e. The Bertz CT molecular complexity index is 1200. The molecule has 1 fully saturated rings. The number of ether oxygens (including phenoxy) is 1. The number of aliphatic hydroxyl groups excluding tert-OH is 1. The Morgan fingerprint density at radius 3 is 2.26 bits per heavy atom. The quantitative estimate of drug-likeness (QED) is 0.453. The molecule has 3 N–H and O–H groups in total. The third-order valence-electron chi connectivity index (χ3n) is 6.56. The van der Waals surface area contributed by atoms with E-state index in [9.17, 15) is 19.5 Å². The summed E-state index contributed by atoms with van der Waals surface area (Å²) in [5.74, 6) is 1.61. The number of rotatable bonds is 8. The van der Waals surface area contributed by atoms with Gasteiger partial charge in [-0.2, -0.15) is 0 Å². The van der Waals surface area contributed by atoms with Crippen molar-refractivity contribution >= 4 is 23.6 Å². The largest absolute Gasteiger partial charge is 0.444 e. The lowest BCUT2D eigenvalue weighted by molar-refractivity contribution is -0.146. The summed E-state index contributed by atoms with van der Waals surface area (Å²) >= 11 is 0. The van der Waals surface area contributed by atoms with Gasteiger partial charge in [0.05, 0.1) is 6.61 Å². The van der Waals surface area contributed by atoms with Crippen LogP contribution in [0, 0.1) is 26.2 Å². The summed E-state index contributed by atoms with van der Waals surface area (Å²) in [6.07, 6.45) is 7.22. The second-order valence-corrected chi connectivity index (χ2v) is 10.6. The lowest BCUT2D eigenvalue weighted by atomic mass is 9.87. The summed E-state index contributed by atoms with van der Waals surface area (Å²) < 4.78 is 5.30. The van der Waals surface area contributed by atoms with Crippen LogP contribution in [-0.4, -0.2) is 52.2 Å². The fraction of sp³-hybridized carbons (Fsp3) is 0.433. The number of benzene rings is 2. The number of nitrogens with one attached hydrogen (secondary N) is 2. The smallest absolute Gasteiger partial charge is 0.408 e. The van der Waals surface area contributed by atoms with Crippen LogP contribution in [0.5, 0.6) is 0 Å². The molecule has 0 spiro atoms. The van der Waals surface area contributed by atoms with E-state index >= 15 is 0 Å². The maximum Gasteiger partial charge on any atom is 0.408 e. The van der Waals surface area contributed by atoms with Crippen LogP contribution in [0.15, 0.2) is 42.5 Å². The standard InChI is InChI=1S/C30H37N3O5/c1-7-21-14-8-9-17-23(21)26(27(35)32-25-19(2)12-10-13-20(25)3)33(22-15-11-16-22)28(36)24(18-34)31-29(37)38-30(4,5)6/h1,8-10,12-14,17,22,24,26,34H,11,15-16,18H2,2-6H3,(H,31,37)(H,32,35). The number of terminal acetylenes is 1. The Balaban J connectivity index is 2.06. The van der Waals surface area contributed by atoms with Crippen LogP contribution in [0.3, 0.4) is 0 Å². The molecule has 0 aliphatic heterocycles. The third kappa shape index (κ3) is 6.73. The van der Waals surface area contributed by atoms with E-state index < -0.39 is 42.2 Å². The van der Waals surface area contributed by atoms with Crippen LogP contribution in [0.1, 0.15) is 68.3 Å². The van der Waals surface area contributed by atoms with E-state index in [1.54, 1.807) is 45.0 Å². The van der Waals surface area contributed by atoms with Crippen molar-refractivity contribution in [3.63, 3.8) is 0 Å². The average molecular weight is 520 g/mol. The zero-order chi connectivity index (χ0) is 28.0. The van der Waals surface area contributed by atoms with Crippen LogP contribution in [0.2, 0.25) is 0 Å². The van der Waals surface area contributed by atoms with Gasteiger partial charge in [-0.15, -0.1) is 6.42 Å². The van der Waals surface area contributed by atoms with Gasteiger partial charge in [-0.3, -0.25) is 9.59 Å². The second-order valence-electron chi connectivity index (χ2n) is 10.6. The SMILES string of the molecule is C#Cc1ccccc1C(C(=O)Nc1c(C)cccc1C)N(C(=O)C(CO)NC(=O)OC(C)(C)C)C1CCC1. The van der Waals surface area contributed by atoms with Gasteiger partial charge in [0.2, 0.25) is 5.91 Å². The highest BCUT2D eigenvalue weighted by Gasteiger charge is 2.42. The zero-order valence-electron chi connectivity index (χ0n) is 22.7. The molecule has 8 heteroatoms. The number of para-hydroxylation sites is 1. The highest BCUT2D eigenvalue weighted by atomic mass is 16.6. The van der Waals surface area contributed by atoms with Crippen molar-refractivity contribution in [2.75, 3.05) is 11.9 Å². The number of aliphatic hydroxyl groups is 1. The predicted octanol–water partition coefficient (Wildman–Crippen LogP) is 4.23. The van der Waals surface area contributed by atoms with Crippen molar-refractivity contribution in [3.8, 4) is 12.3 Å². The Morgan fingerprint density at radius 2 is 1.74 bits per heavy atom. The molecule has 2 atom stereocenters. The van der Waals surface area contributed by atoms with Crippen molar-refractivity contribution in [1.82, 2.24) is 10.2 Å². The number of carbonyl (C=O) groups is 3. The first-order chi connectivity index (χ1) is 18.0. The van der Waals surface area contributed by atoms with Crippen molar-refractivity contribution in [3.05, 3.63) is 64.7 Å². The molecule has 0 radical (unpaired) electrons. The van der Waals surface area contributed by atoms with E-state index in [1.165, 1.54) is 4.90 Å². The maximum atomic E-state index is 14.0. The molecule has 1 aliphatic rings. The average Bonchev–Trinajstić information content (AvgIpc) is 2.82. The Hall–Kier alpha value is -3.83. The third-order valence-corrected chi connectivity index (χ3v) is 6.56. The van der Waals surface area contributed by atoms with Crippen LogP contribution in [0.25, 0.3) is 0 Å². The topological polar surface area (TPSA) is 108 Å². The minimum absolute atomic E-state index is 0.267. The van der Waals surface area contributed by atoms with Crippen molar-refractivity contribution in [1.29, 1.82) is 0 Å². The van der Waals surface area contributed by atoms with Gasteiger partial charge in [0.15, 0.2) is 0 Å². The van der Waals surface area contributed by atoms with E-state index in [0.717, 1.165) is 17.5 Å². The first-order valence-electron chi connectivity index (χ1n) is 12.8. The monoisotopic (exact) mass is 519 g/mol. The minimum atomic E-state index is -1.31. The molecule has 2 aromatic rings. The van der Waals surface area contributed by atoms with E-state index in [4.69, 9.17) is 11.2 Å². The summed E-state index contributed by atoms with van der Waals surface area (Å²) in [4.78, 5) is 42.0. The van der Waals surface area contributed by atoms with Gasteiger partial charge in [-0.1, -0.05) is 42.3 Å². The molecule has 0 aromatic heterocycles. The van der Waals surface area contributed by atoms with E-state index in [-0.39, 0.29) is 6.04 Å². The van der Waals surface area contributed by atoms with Gasteiger partial charge < -0.3 is 25.4 Å². The number of anilines is 1. The van der Waals surface area contributed by atoms with Gasteiger partial charge in [0.1, 0.15) is 17.7 Å². The van der Waals surface area contributed by atoms with Gasteiger partial charge >= 0.3 is 6.09 Å². The fourth-order valence-corrected chi connectivity index (χ4v) is 4.49. The Labute approximate surface area is 224 Å². The van der Waals surface area contributed by atoms with Gasteiger partial charge in [-0.05, 0) is 76.6 Å². The summed E-state index contributed by atoms with van der Waals surface area (Å²) in [6, 6.07) is 10.0. The molecule has 3 amide bonds. The molecule has 0 saturated heterocycles. The molecule has 0 heterocycles. The molecule has 2 unspecified atom stereocenters. The molecule has 202 valence electrons. The predicted molar refractivity (Wildman–Crippen MR) is 146 cm³/mol. The van der Waals surface area contributed by atoms with E-state index in [0.29, 0.717) is 29.7 Å². The van der Waals surface area contributed by atoms with Gasteiger partial charge in [-0.25, -0.2) is 4.79 Å². The summed E-state index contributed by atoms with van der Waals surface area (Å²) in [5, 5.41) is 15.6. The first-order valence-corrected chi connectivity index (χ1v) is 12.8. The van der Waals surface area contributed by atoms with Crippen molar-refractivity contribution < 1.29 is 24.2 Å². The number of hydrogen-bond donors (Lipinski definition) is 3. The van der Waals surface area contributed by atoms with Crippen molar-refractivity contribution in [2.24, 2.45) is 0 Å². The molecular formula is C30H37N3O5. The Kier molecular flexibility index (Phi) is 9.18. The fourth-order valence-electron chi connectivity index (χ4n) is 4.49. The van der Waals surface area contributed by atoms with Crippen LogP contribution < -0.4 is 10.6 Å². The van der Waals surface area contributed by atoms with E-state index in [1.807, 2.05) is 32.0 Å². The maximum absolute atomic E-state index is 14.0. The van der Waals surface area contributed by atoms with Gasteiger partial charge in [0.25, 0.3) is 5.91 Å². The van der Waals surface area contributed by atoms with E-state index in [2.05, 4.69) is 16.6 Å². The number of hydrogen-bond acceptors (Lipinski definition) is 5. The molecule has 8 nitrogen and oxygen atoms in total. The summed E-state index contributed by atoms with van der Waals surface area (Å²) in [5.41, 5.74) is 2.60. The zero-order valence-corrected chi connectivity index (χ0v) is 22.7. The highest BCUT2D eigenvalue weighted by molar-refractivity contribution is 6.00. The lowest BCUT2D eigenvalue weighted by Crippen LogP contribution is -2.58. The van der Waals surface area contributed by atoms with Crippen LogP contribution >= 0.6 is 0 Å². The summed E-state index contributed by atoms with van der Waals surface area (Å²) in [7, 11) is 0. The molecule has 0 bridgehead atoms. The normalized spacial score (nSPS) is 14.9. The number of aryl methyl sites for hydroxylation is 2. The molecular weight excluding hydrogens is 482 g/mol. The highest BCUT2D eigenvalue weighted by Crippen LogP contribution is 2.36. The number of alkyl carbamates (subject to hydrolysis) is 1. The molecule has 38 heavy (non-hydrogen) atoms. The first kappa shape index (κ1) is 28.7. The summed E-state index contributed by atoms with van der Waals surface area (Å²) in [6.45, 7) is 8.24. The Morgan fingerprint density at radius 1 is 1.11 bits per heavy atom.